The summed E-state index contributed by atoms with van der Waals surface area (Å²) in [7, 11) is 0. The average Bonchev–Trinajstić information content (AvgIpc) is 2.84. The van der Waals surface area contributed by atoms with Gasteiger partial charge in [0.2, 0.25) is 0 Å². The molecule has 1 N–H and O–H groups in total. The molecule has 1 fully saturated rings. The van der Waals surface area contributed by atoms with Gasteiger partial charge >= 0.3 is 5.97 Å². The first-order valence-electron chi connectivity index (χ1n) is 6.69. The minimum Gasteiger partial charge on any atom is -0.480 e. The van der Waals surface area contributed by atoms with Gasteiger partial charge in [-0.3, -0.25) is 4.79 Å². The van der Waals surface area contributed by atoms with Crippen LogP contribution in [0.1, 0.15) is 15.2 Å². The highest BCUT2D eigenvalue weighted by atomic mass is 32.1. The molecule has 1 aliphatic rings. The highest BCUT2D eigenvalue weighted by Gasteiger charge is 2.34. The van der Waals surface area contributed by atoms with Crippen molar-refractivity contribution in [2.24, 2.45) is 0 Å². The number of carbonyl (C=O) groups is 2. The fourth-order valence-corrected chi connectivity index (χ4v) is 3.73. The monoisotopic (exact) mass is 305 g/mol. The first-order chi connectivity index (χ1) is 10.1. The van der Waals surface area contributed by atoms with E-state index in [1.807, 2.05) is 31.2 Å². The molecule has 3 rings (SSSR count). The molecular weight excluding hydrogens is 290 g/mol. The summed E-state index contributed by atoms with van der Waals surface area (Å²) >= 11 is 1.41. The molecule has 0 saturated carbocycles. The van der Waals surface area contributed by atoms with E-state index in [-0.39, 0.29) is 12.5 Å². The van der Waals surface area contributed by atoms with Crippen molar-refractivity contribution in [3.8, 4) is 0 Å². The van der Waals surface area contributed by atoms with E-state index in [4.69, 9.17) is 4.74 Å². The third kappa shape index (κ3) is 2.41. The topological polar surface area (TPSA) is 66.8 Å². The van der Waals surface area contributed by atoms with Gasteiger partial charge in [-0.15, -0.1) is 11.3 Å². The lowest BCUT2D eigenvalue weighted by Gasteiger charge is -2.32. The number of carbonyl (C=O) groups excluding carboxylic acids is 1. The number of amides is 1. The molecular formula is C15H15NO4S. The van der Waals surface area contributed by atoms with Gasteiger partial charge in [-0.05, 0) is 23.9 Å². The van der Waals surface area contributed by atoms with Crippen LogP contribution >= 0.6 is 11.3 Å². The van der Waals surface area contributed by atoms with Crippen molar-refractivity contribution in [3.05, 3.63) is 34.7 Å². The fourth-order valence-electron chi connectivity index (χ4n) is 2.56. The largest absolute Gasteiger partial charge is 0.480 e. The van der Waals surface area contributed by atoms with E-state index < -0.39 is 12.0 Å². The quantitative estimate of drug-likeness (QED) is 0.923. The molecule has 0 bridgehead atoms. The second-order valence-corrected chi connectivity index (χ2v) is 6.03. The van der Waals surface area contributed by atoms with Gasteiger partial charge in [-0.1, -0.05) is 18.2 Å². The summed E-state index contributed by atoms with van der Waals surface area (Å²) in [6, 6.07) is 6.91. The third-order valence-electron chi connectivity index (χ3n) is 3.71. The average molecular weight is 305 g/mol. The molecule has 2 aromatic rings. The molecule has 1 amide bonds. The molecule has 110 valence electrons. The van der Waals surface area contributed by atoms with Gasteiger partial charge < -0.3 is 14.7 Å². The standard InChI is InChI=1S/C15H15NO4S/c1-9-10-4-2-3-5-12(10)21-13(9)14(17)16-6-7-20-8-11(16)15(18)19/h2-5,11H,6-8H2,1H3,(H,18,19)/t11-/m0/s1. The van der Waals surface area contributed by atoms with Crippen molar-refractivity contribution in [1.29, 1.82) is 0 Å². The molecule has 0 spiro atoms. The summed E-state index contributed by atoms with van der Waals surface area (Å²) in [5.74, 6) is -1.24. The lowest BCUT2D eigenvalue weighted by atomic mass is 10.1. The van der Waals surface area contributed by atoms with Crippen molar-refractivity contribution in [2.75, 3.05) is 19.8 Å². The molecule has 21 heavy (non-hydrogen) atoms. The van der Waals surface area contributed by atoms with Crippen molar-refractivity contribution in [2.45, 2.75) is 13.0 Å². The van der Waals surface area contributed by atoms with Gasteiger partial charge in [0.1, 0.15) is 0 Å². The van der Waals surface area contributed by atoms with Crippen molar-refractivity contribution >= 4 is 33.3 Å². The van der Waals surface area contributed by atoms with Crippen molar-refractivity contribution in [3.63, 3.8) is 0 Å². The molecule has 1 aromatic carbocycles. The van der Waals surface area contributed by atoms with Gasteiger partial charge in [0, 0.05) is 11.2 Å². The zero-order valence-electron chi connectivity index (χ0n) is 11.5. The summed E-state index contributed by atoms with van der Waals surface area (Å²) < 4.78 is 6.22. The number of carboxylic acids is 1. The van der Waals surface area contributed by atoms with Crippen LogP contribution in [0.3, 0.4) is 0 Å². The van der Waals surface area contributed by atoms with Gasteiger partial charge in [0.05, 0.1) is 18.1 Å². The lowest BCUT2D eigenvalue weighted by molar-refractivity contribution is -0.147. The molecule has 0 radical (unpaired) electrons. The summed E-state index contributed by atoms with van der Waals surface area (Å²) in [5, 5.41) is 10.3. The van der Waals surface area contributed by atoms with Gasteiger partial charge in [-0.2, -0.15) is 0 Å². The van der Waals surface area contributed by atoms with Crippen LogP contribution in [0.5, 0.6) is 0 Å². The number of rotatable bonds is 2. The maximum Gasteiger partial charge on any atom is 0.328 e. The van der Waals surface area contributed by atoms with Crippen LogP contribution in [-0.4, -0.2) is 47.7 Å². The second-order valence-electron chi connectivity index (χ2n) is 4.98. The van der Waals surface area contributed by atoms with E-state index in [0.29, 0.717) is 18.0 Å². The number of ether oxygens (including phenoxy) is 1. The third-order valence-corrected chi connectivity index (χ3v) is 4.97. The number of aryl methyl sites for hydroxylation is 1. The van der Waals surface area contributed by atoms with Gasteiger partial charge in [-0.25, -0.2) is 4.79 Å². The Morgan fingerprint density at radius 3 is 2.86 bits per heavy atom. The molecule has 6 heteroatoms. The first kappa shape index (κ1) is 14.0. The summed E-state index contributed by atoms with van der Waals surface area (Å²) in [5.41, 5.74) is 0.913. The maximum absolute atomic E-state index is 12.7. The van der Waals surface area contributed by atoms with E-state index in [1.54, 1.807) is 0 Å². The van der Waals surface area contributed by atoms with E-state index in [1.165, 1.54) is 16.2 Å². The van der Waals surface area contributed by atoms with E-state index >= 15 is 0 Å². The number of hydrogen-bond acceptors (Lipinski definition) is 4. The summed E-state index contributed by atoms with van der Waals surface area (Å²) in [6.45, 7) is 2.64. The Kier molecular flexibility index (Phi) is 3.65. The normalized spacial score (nSPS) is 18.9. The van der Waals surface area contributed by atoms with E-state index in [9.17, 15) is 14.7 Å². The summed E-state index contributed by atoms with van der Waals surface area (Å²) in [6.07, 6.45) is 0. The number of carboxylic acid groups (broad SMARTS) is 1. The first-order valence-corrected chi connectivity index (χ1v) is 7.51. The Morgan fingerprint density at radius 1 is 1.38 bits per heavy atom. The zero-order valence-corrected chi connectivity index (χ0v) is 12.4. The Morgan fingerprint density at radius 2 is 2.14 bits per heavy atom. The van der Waals surface area contributed by atoms with Crippen molar-refractivity contribution in [1.82, 2.24) is 4.90 Å². The highest BCUT2D eigenvalue weighted by Crippen LogP contribution is 2.32. The maximum atomic E-state index is 12.7. The second kappa shape index (κ2) is 5.46. The lowest BCUT2D eigenvalue weighted by Crippen LogP contribution is -2.52. The molecule has 1 saturated heterocycles. The molecule has 1 atom stereocenters. The molecule has 0 unspecified atom stereocenters. The van der Waals surface area contributed by atoms with E-state index in [0.717, 1.165) is 15.6 Å². The smallest absolute Gasteiger partial charge is 0.328 e. The zero-order chi connectivity index (χ0) is 15.0. The molecule has 5 nitrogen and oxygen atoms in total. The Balaban J connectivity index is 1.99. The van der Waals surface area contributed by atoms with Gasteiger partial charge in [0.25, 0.3) is 5.91 Å². The van der Waals surface area contributed by atoms with Crippen LogP contribution in [0, 0.1) is 6.92 Å². The molecule has 1 aliphatic heterocycles. The predicted molar refractivity (Wildman–Crippen MR) is 79.8 cm³/mol. The predicted octanol–water partition coefficient (Wildman–Crippen LogP) is 2.14. The van der Waals surface area contributed by atoms with Crippen LogP contribution in [-0.2, 0) is 9.53 Å². The number of benzene rings is 1. The Labute approximate surface area is 125 Å². The van der Waals surface area contributed by atoms with Gasteiger partial charge in [0.15, 0.2) is 6.04 Å². The Hall–Kier alpha value is -1.92. The van der Waals surface area contributed by atoms with Crippen LogP contribution in [0.2, 0.25) is 0 Å². The minimum atomic E-state index is -1.03. The number of morpholine rings is 1. The number of thiophene rings is 1. The number of fused-ring (bicyclic) bond motifs is 1. The molecule has 1 aromatic heterocycles. The van der Waals surface area contributed by atoms with Crippen LogP contribution in [0.15, 0.2) is 24.3 Å². The minimum absolute atomic E-state index is 0.0466. The summed E-state index contributed by atoms with van der Waals surface area (Å²) in [4.78, 5) is 26.0. The molecule has 2 heterocycles. The van der Waals surface area contributed by atoms with Crippen LogP contribution in [0.25, 0.3) is 10.1 Å². The fraction of sp³-hybridized carbons (Fsp3) is 0.333. The van der Waals surface area contributed by atoms with Crippen LogP contribution < -0.4 is 0 Å². The number of aliphatic carboxylic acids is 1. The van der Waals surface area contributed by atoms with Crippen LogP contribution in [0.4, 0.5) is 0 Å². The van der Waals surface area contributed by atoms with E-state index in [2.05, 4.69) is 0 Å². The Bertz CT molecular complexity index is 709. The number of hydrogen-bond donors (Lipinski definition) is 1. The highest BCUT2D eigenvalue weighted by molar-refractivity contribution is 7.21. The molecule has 0 aliphatic carbocycles. The SMILES string of the molecule is Cc1c(C(=O)N2CCOC[C@H]2C(=O)O)sc2ccccc12. The van der Waals surface area contributed by atoms with Crippen molar-refractivity contribution < 1.29 is 19.4 Å². The number of nitrogens with zero attached hydrogens (tertiary/aromatic N) is 1.